The van der Waals surface area contributed by atoms with E-state index < -0.39 is 0 Å². The van der Waals surface area contributed by atoms with Crippen molar-refractivity contribution in [1.82, 2.24) is 9.55 Å². The van der Waals surface area contributed by atoms with E-state index in [4.69, 9.17) is 9.72 Å². The number of aryl methyl sites for hydroxylation is 1. The van der Waals surface area contributed by atoms with Gasteiger partial charge in [-0.2, -0.15) is 0 Å². The Balaban J connectivity index is 1.74. The van der Waals surface area contributed by atoms with E-state index in [0.29, 0.717) is 17.5 Å². The van der Waals surface area contributed by atoms with Gasteiger partial charge >= 0.3 is 0 Å². The number of thioether (sulfide) groups is 1. The fourth-order valence-corrected chi connectivity index (χ4v) is 4.54. The molecular weight excluding hydrogens is 346 g/mol. The summed E-state index contributed by atoms with van der Waals surface area (Å²) in [4.78, 5) is 17.4. The molecule has 0 unspecified atom stereocenters. The molecule has 5 nitrogen and oxygen atoms in total. The van der Waals surface area contributed by atoms with Crippen LogP contribution < -0.4 is 10.1 Å². The van der Waals surface area contributed by atoms with E-state index in [-0.39, 0.29) is 11.2 Å². The van der Waals surface area contributed by atoms with Crippen molar-refractivity contribution in [1.29, 1.82) is 0 Å². The van der Waals surface area contributed by atoms with Crippen LogP contribution in [-0.2, 0) is 4.79 Å². The first-order valence-electron chi connectivity index (χ1n) is 9.17. The second-order valence-electron chi connectivity index (χ2n) is 6.82. The highest BCUT2D eigenvalue weighted by molar-refractivity contribution is 8.00. The third-order valence-corrected chi connectivity index (χ3v) is 6.13. The highest BCUT2D eigenvalue weighted by atomic mass is 32.2. The number of methoxy groups -OCH3 is 1. The number of carbonyl (C=O) groups is 1. The lowest BCUT2D eigenvalue weighted by Gasteiger charge is -2.19. The summed E-state index contributed by atoms with van der Waals surface area (Å²) in [6, 6.07) is 7.98. The van der Waals surface area contributed by atoms with Crippen molar-refractivity contribution in [3.05, 3.63) is 35.7 Å². The average molecular weight is 374 g/mol. The maximum Gasteiger partial charge on any atom is 0.237 e. The molecule has 26 heavy (non-hydrogen) atoms. The molecule has 0 saturated heterocycles. The highest BCUT2D eigenvalue weighted by Crippen LogP contribution is 2.36. The molecule has 1 aromatic carbocycles. The standard InChI is InChI=1S/C20H27N3O2S/c1-13-14(2)23(16-9-5-6-10-16)20(21-13)26-15(3)19(24)22-17-11-7-8-12-18(17)25-4/h7-8,11-12,15-16H,5-6,9-10H2,1-4H3,(H,22,24)/t15-/m1/s1. The second-order valence-corrected chi connectivity index (χ2v) is 8.13. The molecule has 1 N–H and O–H groups in total. The summed E-state index contributed by atoms with van der Waals surface area (Å²) >= 11 is 1.53. The topological polar surface area (TPSA) is 56.1 Å². The molecule has 0 radical (unpaired) electrons. The first kappa shape index (κ1) is 18.8. The Morgan fingerprint density at radius 1 is 1.31 bits per heavy atom. The number of aromatic nitrogens is 2. The lowest BCUT2D eigenvalue weighted by atomic mass is 10.2. The molecule has 2 aromatic rings. The number of ether oxygens (including phenoxy) is 1. The van der Waals surface area contributed by atoms with Crippen LogP contribution >= 0.6 is 11.8 Å². The number of anilines is 1. The number of amides is 1. The van der Waals surface area contributed by atoms with E-state index in [0.717, 1.165) is 10.9 Å². The zero-order chi connectivity index (χ0) is 18.7. The van der Waals surface area contributed by atoms with E-state index in [2.05, 4.69) is 16.8 Å². The molecule has 0 spiro atoms. The molecule has 3 rings (SSSR count). The second kappa shape index (κ2) is 8.16. The van der Waals surface area contributed by atoms with Crippen molar-refractivity contribution < 1.29 is 9.53 Å². The van der Waals surface area contributed by atoms with Crippen LogP contribution in [0.3, 0.4) is 0 Å². The van der Waals surface area contributed by atoms with Crippen molar-refractivity contribution >= 4 is 23.4 Å². The highest BCUT2D eigenvalue weighted by Gasteiger charge is 2.26. The molecule has 1 aromatic heterocycles. The fourth-order valence-electron chi connectivity index (χ4n) is 3.47. The Hall–Kier alpha value is -1.95. The minimum absolute atomic E-state index is 0.0456. The van der Waals surface area contributed by atoms with Crippen LogP contribution in [0.15, 0.2) is 29.4 Å². The Morgan fingerprint density at radius 3 is 2.69 bits per heavy atom. The normalized spacial score (nSPS) is 15.8. The number of hydrogen-bond acceptors (Lipinski definition) is 4. The summed E-state index contributed by atoms with van der Waals surface area (Å²) in [7, 11) is 1.60. The van der Waals surface area contributed by atoms with Crippen molar-refractivity contribution in [3.8, 4) is 5.75 Å². The molecule has 1 saturated carbocycles. The molecule has 6 heteroatoms. The molecule has 1 amide bonds. The molecule has 1 aliphatic rings. The van der Waals surface area contributed by atoms with E-state index in [1.807, 2.05) is 38.1 Å². The summed E-state index contributed by atoms with van der Waals surface area (Å²) in [5.74, 6) is 0.618. The SMILES string of the molecule is COc1ccccc1NC(=O)[C@@H](C)Sc1nc(C)c(C)n1C1CCCC1. The Morgan fingerprint density at radius 2 is 2.00 bits per heavy atom. The maximum absolute atomic E-state index is 12.7. The number of nitrogens with one attached hydrogen (secondary N) is 1. The van der Waals surface area contributed by atoms with Crippen LogP contribution in [0.2, 0.25) is 0 Å². The summed E-state index contributed by atoms with van der Waals surface area (Å²) in [6.07, 6.45) is 4.95. The minimum atomic E-state index is -0.249. The smallest absolute Gasteiger partial charge is 0.237 e. The molecule has 1 aliphatic carbocycles. The van der Waals surface area contributed by atoms with Crippen LogP contribution in [0.4, 0.5) is 5.69 Å². The van der Waals surface area contributed by atoms with Crippen molar-refractivity contribution in [2.24, 2.45) is 0 Å². The summed E-state index contributed by atoms with van der Waals surface area (Å²) in [6.45, 7) is 6.10. The van der Waals surface area contributed by atoms with Gasteiger partial charge in [0.15, 0.2) is 5.16 Å². The van der Waals surface area contributed by atoms with Crippen molar-refractivity contribution in [2.75, 3.05) is 12.4 Å². The number of para-hydroxylation sites is 2. The van der Waals surface area contributed by atoms with Gasteiger partial charge in [-0.05, 0) is 45.7 Å². The molecule has 1 fully saturated rings. The van der Waals surface area contributed by atoms with Crippen LogP contribution in [0.1, 0.15) is 50.0 Å². The van der Waals surface area contributed by atoms with Crippen molar-refractivity contribution in [2.45, 2.75) is 62.9 Å². The van der Waals surface area contributed by atoms with Gasteiger partial charge in [0.1, 0.15) is 5.75 Å². The number of hydrogen-bond donors (Lipinski definition) is 1. The van der Waals surface area contributed by atoms with Gasteiger partial charge in [-0.3, -0.25) is 4.79 Å². The fraction of sp³-hybridized carbons (Fsp3) is 0.500. The first-order chi connectivity index (χ1) is 12.5. The predicted molar refractivity (Wildman–Crippen MR) is 106 cm³/mol. The molecule has 0 aliphatic heterocycles. The predicted octanol–water partition coefficient (Wildman–Crippen LogP) is 4.74. The van der Waals surface area contributed by atoms with E-state index in [9.17, 15) is 4.79 Å². The third-order valence-electron chi connectivity index (χ3n) is 5.06. The quantitative estimate of drug-likeness (QED) is 0.743. The average Bonchev–Trinajstić information content (AvgIpc) is 3.24. The molecule has 1 heterocycles. The zero-order valence-electron chi connectivity index (χ0n) is 15.9. The Kier molecular flexibility index (Phi) is 5.91. The number of carbonyl (C=O) groups excluding carboxylic acids is 1. The Bertz CT molecular complexity index is 781. The van der Waals surface area contributed by atoms with Gasteiger partial charge in [-0.1, -0.05) is 36.7 Å². The first-order valence-corrected chi connectivity index (χ1v) is 10.0. The summed E-state index contributed by atoms with van der Waals surface area (Å²) in [5.41, 5.74) is 2.97. The maximum atomic E-state index is 12.7. The monoisotopic (exact) mass is 373 g/mol. The van der Waals surface area contributed by atoms with Crippen LogP contribution in [-0.4, -0.2) is 27.8 Å². The van der Waals surface area contributed by atoms with Gasteiger partial charge in [0.05, 0.1) is 23.7 Å². The third kappa shape index (κ3) is 3.90. The molecular formula is C20H27N3O2S. The van der Waals surface area contributed by atoms with Gasteiger partial charge in [0.25, 0.3) is 0 Å². The van der Waals surface area contributed by atoms with Gasteiger partial charge in [-0.25, -0.2) is 4.98 Å². The molecule has 0 bridgehead atoms. The summed E-state index contributed by atoms with van der Waals surface area (Å²) in [5, 5.41) is 3.67. The van der Waals surface area contributed by atoms with Crippen LogP contribution in [0.5, 0.6) is 5.75 Å². The van der Waals surface area contributed by atoms with Gasteiger partial charge in [0, 0.05) is 11.7 Å². The van der Waals surface area contributed by atoms with Crippen molar-refractivity contribution in [3.63, 3.8) is 0 Å². The number of nitrogens with zero attached hydrogens (tertiary/aromatic N) is 2. The lowest BCUT2D eigenvalue weighted by molar-refractivity contribution is -0.115. The lowest BCUT2D eigenvalue weighted by Crippen LogP contribution is -2.23. The number of imidazole rings is 1. The van der Waals surface area contributed by atoms with Gasteiger partial charge in [-0.15, -0.1) is 0 Å². The summed E-state index contributed by atoms with van der Waals surface area (Å²) < 4.78 is 7.66. The van der Waals surface area contributed by atoms with Gasteiger partial charge < -0.3 is 14.6 Å². The van der Waals surface area contributed by atoms with E-state index >= 15 is 0 Å². The van der Waals surface area contributed by atoms with Gasteiger partial charge in [0.2, 0.25) is 5.91 Å². The van der Waals surface area contributed by atoms with Crippen LogP contribution in [0, 0.1) is 13.8 Å². The molecule has 140 valence electrons. The van der Waals surface area contributed by atoms with E-state index in [1.165, 1.54) is 43.1 Å². The van der Waals surface area contributed by atoms with Crippen LogP contribution in [0.25, 0.3) is 0 Å². The largest absolute Gasteiger partial charge is 0.495 e. The molecule has 1 atom stereocenters. The Labute approximate surface area is 159 Å². The number of rotatable bonds is 6. The number of benzene rings is 1. The zero-order valence-corrected chi connectivity index (χ0v) is 16.7. The minimum Gasteiger partial charge on any atom is -0.495 e. The van der Waals surface area contributed by atoms with E-state index in [1.54, 1.807) is 7.11 Å².